The predicted octanol–water partition coefficient (Wildman–Crippen LogP) is 7.71. The molecule has 3 N–H and O–H groups in total. The molecule has 240 valence electrons. The van der Waals surface area contributed by atoms with Crippen LogP contribution in [-0.4, -0.2) is 47.6 Å². The zero-order valence-corrected chi connectivity index (χ0v) is 27.4. The van der Waals surface area contributed by atoms with Gasteiger partial charge in [-0.15, -0.1) is 11.3 Å². The molecule has 46 heavy (non-hydrogen) atoms. The van der Waals surface area contributed by atoms with E-state index in [1.165, 1.54) is 17.4 Å². The largest absolute Gasteiger partial charge is 0.343 e. The number of hydrogen-bond acceptors (Lipinski definition) is 4. The van der Waals surface area contributed by atoms with Crippen LogP contribution in [0.25, 0.3) is 10.9 Å². The molecule has 2 aromatic heterocycles. The number of urea groups is 1. The summed E-state index contributed by atoms with van der Waals surface area (Å²) in [5.41, 5.74) is 2.50. The maximum absolute atomic E-state index is 14.1. The van der Waals surface area contributed by atoms with Gasteiger partial charge < -0.3 is 25.4 Å². The van der Waals surface area contributed by atoms with Crippen LogP contribution in [0.3, 0.4) is 0 Å². The standard InChI is InChI=1S/C34H33Cl2F2N5O2S/c1-39-13-4-14-43(20-25-5-3-16-46-25)33(44)31(18-22-8-11-29(37)30(38)17-22)41-34(45)40-24-10-9-23-12-15-42(32(23)19-24)21-26-27(35)6-2-7-28(26)36/h2-3,5-12,15-17,19,31,39H,4,13-14,18,20-21H2,1H3,(H2,40,41,45)/t31-/m0/s1. The number of nitrogens with zero attached hydrogens (tertiary/aromatic N) is 2. The van der Waals surface area contributed by atoms with Gasteiger partial charge in [0.2, 0.25) is 5.91 Å². The van der Waals surface area contributed by atoms with Gasteiger partial charge in [0.15, 0.2) is 11.6 Å². The number of fused-ring (bicyclic) bond motifs is 1. The lowest BCUT2D eigenvalue weighted by Crippen LogP contribution is -2.51. The summed E-state index contributed by atoms with van der Waals surface area (Å²) < 4.78 is 29.8. The number of anilines is 1. The minimum Gasteiger partial charge on any atom is -0.343 e. The van der Waals surface area contributed by atoms with E-state index < -0.39 is 23.7 Å². The Balaban J connectivity index is 1.37. The molecule has 0 aliphatic heterocycles. The van der Waals surface area contributed by atoms with Gasteiger partial charge in [0.05, 0.1) is 18.6 Å². The highest BCUT2D eigenvalue weighted by molar-refractivity contribution is 7.09. The zero-order valence-electron chi connectivity index (χ0n) is 25.0. The molecular weight excluding hydrogens is 651 g/mol. The Kier molecular flexibility index (Phi) is 11.3. The number of amides is 3. The number of benzene rings is 3. The van der Waals surface area contributed by atoms with Crippen molar-refractivity contribution in [3.63, 3.8) is 0 Å². The van der Waals surface area contributed by atoms with E-state index in [9.17, 15) is 18.4 Å². The number of halogens is 4. The number of rotatable bonds is 13. The van der Waals surface area contributed by atoms with Gasteiger partial charge >= 0.3 is 6.03 Å². The van der Waals surface area contributed by atoms with E-state index in [2.05, 4.69) is 16.0 Å². The van der Waals surface area contributed by atoms with Crippen molar-refractivity contribution in [1.29, 1.82) is 0 Å². The highest BCUT2D eigenvalue weighted by Crippen LogP contribution is 2.28. The third-order valence-corrected chi connectivity index (χ3v) is 9.11. The second-order valence-electron chi connectivity index (χ2n) is 10.8. The Labute approximate surface area is 280 Å². The molecule has 0 fully saturated rings. The van der Waals surface area contributed by atoms with Gasteiger partial charge in [0.1, 0.15) is 6.04 Å². The van der Waals surface area contributed by atoms with Crippen molar-refractivity contribution in [2.75, 3.05) is 25.5 Å². The average molecular weight is 685 g/mol. The second kappa shape index (κ2) is 15.6. The van der Waals surface area contributed by atoms with E-state index >= 15 is 0 Å². The quantitative estimate of drug-likeness (QED) is 0.111. The molecule has 12 heteroatoms. The van der Waals surface area contributed by atoms with Gasteiger partial charge in [-0.2, -0.15) is 0 Å². The SMILES string of the molecule is CNCCCN(Cc1cccs1)C(=O)[C@H](Cc1ccc(F)c(F)c1)NC(=O)Nc1ccc2ccn(Cc3c(Cl)cccc3Cl)c2c1. The number of thiophene rings is 1. The Morgan fingerprint density at radius 1 is 0.978 bits per heavy atom. The van der Waals surface area contributed by atoms with Gasteiger partial charge in [-0.1, -0.05) is 47.5 Å². The zero-order chi connectivity index (χ0) is 32.6. The number of carbonyl (C=O) groups is 2. The average Bonchev–Trinajstić information content (AvgIpc) is 3.69. The lowest BCUT2D eigenvalue weighted by molar-refractivity contribution is -0.133. The van der Waals surface area contributed by atoms with Crippen LogP contribution in [0.1, 0.15) is 22.4 Å². The highest BCUT2D eigenvalue weighted by atomic mass is 35.5. The fraction of sp³-hybridized carbons (Fsp3) is 0.235. The van der Waals surface area contributed by atoms with Crippen molar-refractivity contribution in [1.82, 2.24) is 20.1 Å². The van der Waals surface area contributed by atoms with Gasteiger partial charge in [-0.25, -0.2) is 13.6 Å². The smallest absolute Gasteiger partial charge is 0.319 e. The summed E-state index contributed by atoms with van der Waals surface area (Å²) in [6, 6.07) is 18.5. The molecule has 7 nitrogen and oxygen atoms in total. The normalized spacial score (nSPS) is 11.8. The third kappa shape index (κ3) is 8.44. The first kappa shape index (κ1) is 33.4. The fourth-order valence-electron chi connectivity index (χ4n) is 5.21. The Bertz CT molecular complexity index is 1790. The fourth-order valence-corrected chi connectivity index (χ4v) is 6.44. The maximum atomic E-state index is 14.1. The number of hydrogen-bond donors (Lipinski definition) is 3. The van der Waals surface area contributed by atoms with Gasteiger partial charge in [-0.3, -0.25) is 4.79 Å². The van der Waals surface area contributed by atoms with Crippen LogP contribution < -0.4 is 16.0 Å². The van der Waals surface area contributed by atoms with Crippen LogP contribution in [0.15, 0.2) is 84.4 Å². The summed E-state index contributed by atoms with van der Waals surface area (Å²) in [5, 5.41) is 12.7. The molecule has 0 aliphatic carbocycles. The summed E-state index contributed by atoms with van der Waals surface area (Å²) in [6.07, 6.45) is 2.58. The molecule has 3 aromatic carbocycles. The van der Waals surface area contributed by atoms with Crippen molar-refractivity contribution in [3.8, 4) is 0 Å². The molecule has 0 bridgehead atoms. The van der Waals surface area contributed by atoms with Crippen molar-refractivity contribution in [2.24, 2.45) is 0 Å². The predicted molar refractivity (Wildman–Crippen MR) is 182 cm³/mol. The Hall–Kier alpha value is -3.96. The topological polar surface area (TPSA) is 78.4 Å². The minimum absolute atomic E-state index is 0.0309. The maximum Gasteiger partial charge on any atom is 0.319 e. The van der Waals surface area contributed by atoms with Crippen molar-refractivity contribution < 1.29 is 18.4 Å². The first-order valence-corrected chi connectivity index (χ1v) is 16.3. The van der Waals surface area contributed by atoms with Crippen molar-refractivity contribution in [2.45, 2.75) is 32.0 Å². The van der Waals surface area contributed by atoms with Gasteiger partial charge in [-0.05, 0) is 84.9 Å². The van der Waals surface area contributed by atoms with E-state index in [1.807, 2.05) is 53.5 Å². The van der Waals surface area contributed by atoms with Gasteiger partial charge in [0.25, 0.3) is 0 Å². The second-order valence-corrected chi connectivity index (χ2v) is 12.7. The summed E-state index contributed by atoms with van der Waals surface area (Å²) in [4.78, 5) is 30.1. The summed E-state index contributed by atoms with van der Waals surface area (Å²) >= 11 is 14.3. The molecule has 0 saturated carbocycles. The first-order chi connectivity index (χ1) is 22.2. The Morgan fingerprint density at radius 2 is 1.78 bits per heavy atom. The third-order valence-electron chi connectivity index (χ3n) is 7.54. The molecule has 0 aliphatic rings. The van der Waals surface area contributed by atoms with Gasteiger partial charge in [0, 0.05) is 45.3 Å². The van der Waals surface area contributed by atoms with E-state index in [1.54, 1.807) is 29.2 Å². The lowest BCUT2D eigenvalue weighted by Gasteiger charge is -2.28. The number of carbonyl (C=O) groups excluding carboxylic acids is 2. The summed E-state index contributed by atoms with van der Waals surface area (Å²) in [5.74, 6) is -2.34. The first-order valence-electron chi connectivity index (χ1n) is 14.7. The summed E-state index contributed by atoms with van der Waals surface area (Å²) in [7, 11) is 1.84. The van der Waals surface area contributed by atoms with Crippen LogP contribution in [0, 0.1) is 11.6 Å². The van der Waals surface area contributed by atoms with Crippen LogP contribution in [0.2, 0.25) is 10.0 Å². The molecule has 0 radical (unpaired) electrons. The number of aromatic nitrogens is 1. The molecule has 5 rings (SSSR count). The lowest BCUT2D eigenvalue weighted by atomic mass is 10.0. The van der Waals surface area contributed by atoms with Crippen LogP contribution in [0.4, 0.5) is 19.3 Å². The molecule has 2 heterocycles. The molecule has 3 amide bonds. The van der Waals surface area contributed by atoms with Crippen molar-refractivity contribution >= 4 is 63.1 Å². The molecule has 0 unspecified atom stereocenters. The molecular formula is C34H33Cl2F2N5O2S. The van der Waals surface area contributed by atoms with E-state index in [-0.39, 0.29) is 12.3 Å². The van der Waals surface area contributed by atoms with Crippen molar-refractivity contribution in [3.05, 3.63) is 122 Å². The van der Waals surface area contributed by atoms with Crippen LogP contribution in [-0.2, 0) is 24.3 Å². The minimum atomic E-state index is -1.05. The highest BCUT2D eigenvalue weighted by Gasteiger charge is 2.27. The molecule has 1 atom stereocenters. The monoisotopic (exact) mass is 683 g/mol. The Morgan fingerprint density at radius 3 is 2.50 bits per heavy atom. The van der Waals surface area contributed by atoms with E-state index in [4.69, 9.17) is 23.2 Å². The molecule has 5 aromatic rings. The number of nitrogens with one attached hydrogen (secondary N) is 3. The molecule has 0 saturated heterocycles. The summed E-state index contributed by atoms with van der Waals surface area (Å²) in [6.45, 7) is 1.93. The van der Waals surface area contributed by atoms with Crippen LogP contribution >= 0.6 is 34.5 Å². The van der Waals surface area contributed by atoms with E-state index in [0.29, 0.717) is 53.9 Å². The van der Waals surface area contributed by atoms with Crippen LogP contribution in [0.5, 0.6) is 0 Å². The molecule has 0 spiro atoms. The van der Waals surface area contributed by atoms with E-state index in [0.717, 1.165) is 33.5 Å².